The third-order valence-electron chi connectivity index (χ3n) is 3.27. The number of rotatable bonds is 6. The molecule has 0 radical (unpaired) electrons. The molecule has 3 nitrogen and oxygen atoms in total. The zero-order valence-electron chi connectivity index (χ0n) is 9.64. The second-order valence-corrected chi connectivity index (χ2v) is 7.88. The van der Waals surface area contributed by atoms with Crippen molar-refractivity contribution >= 4 is 8.56 Å². The Balaban J connectivity index is 2.12. The predicted molar refractivity (Wildman–Crippen MR) is 60.7 cm³/mol. The summed E-state index contributed by atoms with van der Waals surface area (Å²) in [6.45, 7) is 4.55. The maximum Gasteiger partial charge on any atom is 0.334 e. The Hall–Kier alpha value is 0.0969. The molecule has 1 heterocycles. The van der Waals surface area contributed by atoms with Crippen molar-refractivity contribution in [3.05, 3.63) is 0 Å². The third kappa shape index (κ3) is 3.69. The molecule has 84 valence electrons. The van der Waals surface area contributed by atoms with Crippen molar-refractivity contribution in [1.82, 2.24) is 5.32 Å². The van der Waals surface area contributed by atoms with Crippen LogP contribution in [0.5, 0.6) is 0 Å². The van der Waals surface area contributed by atoms with Gasteiger partial charge in [0.2, 0.25) is 0 Å². The number of hydrogen-bond donors (Lipinski definition) is 1. The molecule has 0 aliphatic carbocycles. The van der Waals surface area contributed by atoms with E-state index in [1.54, 1.807) is 14.2 Å². The van der Waals surface area contributed by atoms with Crippen LogP contribution in [0.1, 0.15) is 19.3 Å². The molecule has 1 unspecified atom stereocenters. The Morgan fingerprint density at radius 2 is 2.07 bits per heavy atom. The van der Waals surface area contributed by atoms with Crippen molar-refractivity contribution < 1.29 is 8.85 Å². The Morgan fingerprint density at radius 3 is 2.57 bits per heavy atom. The minimum atomic E-state index is -1.79. The van der Waals surface area contributed by atoms with Crippen molar-refractivity contribution in [3.63, 3.8) is 0 Å². The lowest BCUT2D eigenvalue weighted by molar-refractivity contribution is 0.247. The minimum absolute atomic E-state index is 0.891. The van der Waals surface area contributed by atoms with Crippen LogP contribution in [0.3, 0.4) is 0 Å². The van der Waals surface area contributed by atoms with Crippen LogP contribution in [0.15, 0.2) is 0 Å². The van der Waals surface area contributed by atoms with Gasteiger partial charge in [-0.05, 0) is 44.4 Å². The molecule has 0 spiro atoms. The van der Waals surface area contributed by atoms with Gasteiger partial charge in [0, 0.05) is 14.2 Å². The van der Waals surface area contributed by atoms with Crippen LogP contribution in [0, 0.1) is 5.92 Å². The molecule has 14 heavy (non-hydrogen) atoms. The summed E-state index contributed by atoms with van der Waals surface area (Å²) >= 11 is 0. The summed E-state index contributed by atoms with van der Waals surface area (Å²) in [7, 11) is 1.75. The van der Waals surface area contributed by atoms with Gasteiger partial charge in [-0.25, -0.2) is 0 Å². The molecule has 4 heteroatoms. The Labute approximate surface area is 88.4 Å². The van der Waals surface area contributed by atoms with E-state index in [0.29, 0.717) is 0 Å². The van der Waals surface area contributed by atoms with Crippen LogP contribution in [0.2, 0.25) is 12.6 Å². The highest BCUT2D eigenvalue weighted by Gasteiger charge is 2.28. The molecule has 0 aromatic heterocycles. The first-order valence-electron chi connectivity index (χ1n) is 5.51. The first kappa shape index (κ1) is 12.2. The maximum absolute atomic E-state index is 5.45. The van der Waals surface area contributed by atoms with Crippen molar-refractivity contribution in [2.45, 2.75) is 31.9 Å². The highest BCUT2D eigenvalue weighted by Crippen LogP contribution is 2.20. The van der Waals surface area contributed by atoms with Gasteiger partial charge >= 0.3 is 8.56 Å². The standard InChI is InChI=1S/C10H23NO2Si/c1-12-14(3,13-2)8-4-5-10-6-7-11-9-10/h10-11H,4-9H2,1-3H3. The van der Waals surface area contributed by atoms with Crippen molar-refractivity contribution in [3.8, 4) is 0 Å². The molecule has 1 rings (SSSR count). The molecule has 1 atom stereocenters. The molecule has 1 N–H and O–H groups in total. The minimum Gasteiger partial charge on any atom is -0.398 e. The normalized spacial score (nSPS) is 22.9. The highest BCUT2D eigenvalue weighted by atomic mass is 28.4. The average Bonchev–Trinajstić information content (AvgIpc) is 2.70. The fraction of sp³-hybridized carbons (Fsp3) is 1.00. The van der Waals surface area contributed by atoms with Crippen LogP contribution >= 0.6 is 0 Å². The van der Waals surface area contributed by atoms with E-state index in [1.807, 2.05) is 0 Å². The van der Waals surface area contributed by atoms with Gasteiger partial charge in [0.15, 0.2) is 0 Å². The van der Waals surface area contributed by atoms with Gasteiger partial charge in [0.05, 0.1) is 0 Å². The molecule has 1 fully saturated rings. The summed E-state index contributed by atoms with van der Waals surface area (Å²) in [6, 6.07) is 1.12. The monoisotopic (exact) mass is 217 g/mol. The summed E-state index contributed by atoms with van der Waals surface area (Å²) in [6.07, 6.45) is 3.91. The quantitative estimate of drug-likeness (QED) is 0.688. The Morgan fingerprint density at radius 1 is 1.36 bits per heavy atom. The maximum atomic E-state index is 5.45. The zero-order valence-corrected chi connectivity index (χ0v) is 10.6. The average molecular weight is 217 g/mol. The van der Waals surface area contributed by atoms with E-state index in [1.165, 1.54) is 32.4 Å². The summed E-state index contributed by atoms with van der Waals surface area (Å²) in [5.74, 6) is 0.891. The van der Waals surface area contributed by atoms with E-state index in [0.717, 1.165) is 12.0 Å². The van der Waals surface area contributed by atoms with Gasteiger partial charge in [0.25, 0.3) is 0 Å². The Bertz CT molecular complexity index is 156. The lowest BCUT2D eigenvalue weighted by Crippen LogP contribution is -2.35. The second kappa shape index (κ2) is 5.85. The number of nitrogens with one attached hydrogen (secondary N) is 1. The van der Waals surface area contributed by atoms with Crippen LogP contribution < -0.4 is 5.32 Å². The van der Waals surface area contributed by atoms with Crippen LogP contribution in [-0.4, -0.2) is 35.9 Å². The molecular formula is C10H23NO2Si. The summed E-state index contributed by atoms with van der Waals surface area (Å²) < 4.78 is 10.9. The molecule has 0 aromatic rings. The molecule has 0 amide bonds. The van der Waals surface area contributed by atoms with E-state index in [4.69, 9.17) is 8.85 Å². The van der Waals surface area contributed by atoms with E-state index in [2.05, 4.69) is 11.9 Å². The predicted octanol–water partition coefficient (Wildman–Crippen LogP) is 1.74. The van der Waals surface area contributed by atoms with E-state index >= 15 is 0 Å². The second-order valence-electron chi connectivity index (χ2n) is 4.29. The lowest BCUT2D eigenvalue weighted by atomic mass is 10.0. The van der Waals surface area contributed by atoms with Crippen molar-refractivity contribution in [2.24, 2.45) is 5.92 Å². The third-order valence-corrected chi connectivity index (χ3v) is 6.26. The fourth-order valence-corrected chi connectivity index (χ4v) is 3.38. The van der Waals surface area contributed by atoms with Crippen molar-refractivity contribution in [2.75, 3.05) is 27.3 Å². The molecule has 0 saturated carbocycles. The molecule has 1 saturated heterocycles. The van der Waals surface area contributed by atoms with Gasteiger partial charge < -0.3 is 14.2 Å². The first-order valence-corrected chi connectivity index (χ1v) is 8.03. The molecule has 0 bridgehead atoms. The molecule has 1 aliphatic heterocycles. The van der Waals surface area contributed by atoms with E-state index in [9.17, 15) is 0 Å². The molecular weight excluding hydrogens is 194 g/mol. The van der Waals surface area contributed by atoms with Gasteiger partial charge in [-0.2, -0.15) is 0 Å². The number of hydrogen-bond acceptors (Lipinski definition) is 3. The van der Waals surface area contributed by atoms with Gasteiger partial charge in [-0.1, -0.05) is 6.42 Å². The largest absolute Gasteiger partial charge is 0.398 e. The summed E-state index contributed by atoms with van der Waals surface area (Å²) in [4.78, 5) is 0. The highest BCUT2D eigenvalue weighted by molar-refractivity contribution is 6.65. The van der Waals surface area contributed by atoms with E-state index in [-0.39, 0.29) is 0 Å². The topological polar surface area (TPSA) is 30.5 Å². The van der Waals surface area contributed by atoms with Gasteiger partial charge in [-0.15, -0.1) is 0 Å². The molecule has 1 aliphatic rings. The van der Waals surface area contributed by atoms with Crippen LogP contribution in [0.25, 0.3) is 0 Å². The van der Waals surface area contributed by atoms with Gasteiger partial charge in [0.1, 0.15) is 0 Å². The zero-order chi connectivity index (χ0) is 10.4. The van der Waals surface area contributed by atoms with Crippen LogP contribution in [0.4, 0.5) is 0 Å². The SMILES string of the molecule is CO[Si](C)(CCCC1CCNC1)OC. The summed E-state index contributed by atoms with van der Waals surface area (Å²) in [5.41, 5.74) is 0. The Kier molecular flexibility index (Phi) is 5.09. The van der Waals surface area contributed by atoms with E-state index < -0.39 is 8.56 Å². The van der Waals surface area contributed by atoms with Crippen molar-refractivity contribution in [1.29, 1.82) is 0 Å². The molecule has 0 aromatic carbocycles. The fourth-order valence-electron chi connectivity index (χ4n) is 1.96. The first-order chi connectivity index (χ1) is 6.70. The summed E-state index contributed by atoms with van der Waals surface area (Å²) in [5, 5.41) is 3.40. The van der Waals surface area contributed by atoms with Gasteiger partial charge in [-0.3, -0.25) is 0 Å². The van der Waals surface area contributed by atoms with Crippen LogP contribution in [-0.2, 0) is 8.85 Å². The lowest BCUT2D eigenvalue weighted by Gasteiger charge is -2.23. The smallest absolute Gasteiger partial charge is 0.334 e.